The Morgan fingerprint density at radius 2 is 2.04 bits per heavy atom. The summed E-state index contributed by atoms with van der Waals surface area (Å²) in [7, 11) is 0. The van der Waals surface area contributed by atoms with Gasteiger partial charge in [0.2, 0.25) is 0 Å². The van der Waals surface area contributed by atoms with Crippen LogP contribution in [0.5, 0.6) is 0 Å². The molecule has 0 spiro atoms. The highest BCUT2D eigenvalue weighted by atomic mass is 16.4. The first-order valence-corrected chi connectivity index (χ1v) is 8.81. The van der Waals surface area contributed by atoms with Crippen molar-refractivity contribution >= 4 is 33.7 Å². The molecule has 0 aliphatic rings. The van der Waals surface area contributed by atoms with Crippen molar-refractivity contribution in [2.45, 2.75) is 13.0 Å². The zero-order chi connectivity index (χ0) is 18.8. The first-order valence-electron chi connectivity index (χ1n) is 8.81. The Balaban J connectivity index is 1.71. The quantitative estimate of drug-likeness (QED) is 0.423. The minimum absolute atomic E-state index is 0.0260. The van der Waals surface area contributed by atoms with Gasteiger partial charge in [-0.3, -0.25) is 0 Å². The van der Waals surface area contributed by atoms with Crippen molar-refractivity contribution in [3.8, 4) is 11.1 Å². The minimum atomic E-state index is -1.02. The van der Waals surface area contributed by atoms with E-state index < -0.39 is 6.09 Å². The molecule has 0 fully saturated rings. The lowest BCUT2D eigenvalue weighted by atomic mass is 10.0. The molecule has 6 heteroatoms. The molecule has 0 aliphatic carbocycles. The molecule has 4 N–H and O–H groups in total. The first-order chi connectivity index (χ1) is 13.1. The number of hydrogen-bond acceptors (Lipinski definition) is 3. The van der Waals surface area contributed by atoms with Crippen molar-refractivity contribution in [3.05, 3.63) is 60.8 Å². The Bertz CT molecular complexity index is 1120. The fourth-order valence-corrected chi connectivity index (χ4v) is 3.36. The van der Waals surface area contributed by atoms with Crippen LogP contribution in [0.15, 0.2) is 60.8 Å². The summed E-state index contributed by atoms with van der Waals surface area (Å²) >= 11 is 0. The van der Waals surface area contributed by atoms with E-state index in [1.54, 1.807) is 0 Å². The van der Waals surface area contributed by atoms with Gasteiger partial charge in [0.15, 0.2) is 0 Å². The predicted molar refractivity (Wildman–Crippen MR) is 108 cm³/mol. The third kappa shape index (κ3) is 3.42. The number of nitrogens with zero attached hydrogens (tertiary/aromatic N) is 1. The number of anilines is 1. The number of hydrogen-bond donors (Lipinski definition) is 4. The Labute approximate surface area is 156 Å². The molecule has 136 valence electrons. The van der Waals surface area contributed by atoms with Crippen LogP contribution < -0.4 is 10.6 Å². The zero-order valence-electron chi connectivity index (χ0n) is 14.9. The highest BCUT2D eigenvalue weighted by molar-refractivity contribution is 6.12. The second-order valence-electron chi connectivity index (χ2n) is 6.56. The highest BCUT2D eigenvalue weighted by Gasteiger charge is 2.12. The van der Waals surface area contributed by atoms with Crippen LogP contribution in [0.3, 0.4) is 0 Å². The van der Waals surface area contributed by atoms with Crippen molar-refractivity contribution in [1.82, 2.24) is 15.3 Å². The maximum absolute atomic E-state index is 10.7. The van der Waals surface area contributed by atoms with Gasteiger partial charge in [0.1, 0.15) is 5.65 Å². The second kappa shape index (κ2) is 6.99. The number of nitrogens with one attached hydrogen (secondary N) is 3. The maximum atomic E-state index is 10.7. The van der Waals surface area contributed by atoms with Crippen LogP contribution in [0.1, 0.15) is 6.92 Å². The molecule has 4 aromatic rings. The summed E-state index contributed by atoms with van der Waals surface area (Å²) in [6.45, 7) is 2.27. The summed E-state index contributed by atoms with van der Waals surface area (Å²) in [6.07, 6.45) is 0.794. The molecule has 0 saturated heterocycles. The van der Waals surface area contributed by atoms with Gasteiger partial charge in [0, 0.05) is 40.8 Å². The maximum Gasteiger partial charge on any atom is 0.404 e. The molecule has 0 radical (unpaired) electrons. The molecule has 2 aromatic carbocycles. The van der Waals surface area contributed by atoms with Gasteiger partial charge in [-0.25, -0.2) is 9.78 Å². The van der Waals surface area contributed by atoms with Crippen molar-refractivity contribution in [2.24, 2.45) is 0 Å². The Hall–Kier alpha value is -3.54. The predicted octanol–water partition coefficient (Wildman–Crippen LogP) is 4.45. The molecule has 0 aliphatic heterocycles. The molecular weight excluding hydrogens is 340 g/mol. The van der Waals surface area contributed by atoms with E-state index >= 15 is 0 Å². The van der Waals surface area contributed by atoms with Gasteiger partial charge >= 0.3 is 6.09 Å². The van der Waals surface area contributed by atoms with Crippen molar-refractivity contribution < 1.29 is 9.90 Å². The summed E-state index contributed by atoms with van der Waals surface area (Å²) in [5.41, 5.74) is 5.06. The van der Waals surface area contributed by atoms with E-state index in [-0.39, 0.29) is 6.04 Å². The van der Waals surface area contributed by atoms with Gasteiger partial charge in [-0.1, -0.05) is 30.3 Å². The number of fused-ring (bicyclic) bond motifs is 3. The molecule has 4 rings (SSSR count). The Kier molecular flexibility index (Phi) is 4.38. The second-order valence-corrected chi connectivity index (χ2v) is 6.56. The summed E-state index contributed by atoms with van der Waals surface area (Å²) in [5, 5.41) is 16.7. The van der Waals surface area contributed by atoms with E-state index in [1.807, 2.05) is 43.5 Å². The molecule has 1 atom stereocenters. The molecule has 1 amide bonds. The number of H-pyrrole nitrogens is 1. The number of carboxylic acid groups (broad SMARTS) is 1. The number of aromatic amines is 1. The number of benzene rings is 2. The lowest BCUT2D eigenvalue weighted by Crippen LogP contribution is -2.33. The van der Waals surface area contributed by atoms with Gasteiger partial charge in [0.25, 0.3) is 0 Å². The number of aromatic nitrogens is 2. The SMILES string of the molecule is CC(CNC(=O)O)Nc1cccc(-c2ccnc3[nH]c4ccccc4c23)c1. The van der Waals surface area contributed by atoms with Gasteiger partial charge in [-0.2, -0.15) is 0 Å². The average molecular weight is 360 g/mol. The number of para-hydroxylation sites is 1. The molecule has 6 nitrogen and oxygen atoms in total. The Morgan fingerprint density at radius 3 is 2.89 bits per heavy atom. The van der Waals surface area contributed by atoms with E-state index in [9.17, 15) is 4.79 Å². The molecule has 0 bridgehead atoms. The molecule has 0 saturated carbocycles. The van der Waals surface area contributed by atoms with Crippen molar-refractivity contribution in [1.29, 1.82) is 0 Å². The highest BCUT2D eigenvalue weighted by Crippen LogP contribution is 2.34. The molecular formula is C21H20N4O2. The van der Waals surface area contributed by atoms with E-state index in [0.717, 1.165) is 38.8 Å². The topological polar surface area (TPSA) is 90.0 Å². The van der Waals surface area contributed by atoms with Crippen molar-refractivity contribution in [3.63, 3.8) is 0 Å². The van der Waals surface area contributed by atoms with E-state index in [2.05, 4.69) is 44.9 Å². The van der Waals surface area contributed by atoms with E-state index in [1.165, 1.54) is 0 Å². The normalized spacial score (nSPS) is 12.2. The van der Waals surface area contributed by atoms with E-state index in [4.69, 9.17) is 5.11 Å². The minimum Gasteiger partial charge on any atom is -0.465 e. The lowest BCUT2D eigenvalue weighted by molar-refractivity contribution is 0.194. The average Bonchev–Trinajstić information content (AvgIpc) is 3.05. The van der Waals surface area contributed by atoms with Gasteiger partial charge < -0.3 is 20.7 Å². The summed E-state index contributed by atoms with van der Waals surface area (Å²) in [6, 6.07) is 18.3. The van der Waals surface area contributed by atoms with Crippen LogP contribution in [-0.4, -0.2) is 33.8 Å². The molecule has 1 unspecified atom stereocenters. The third-order valence-electron chi connectivity index (χ3n) is 4.55. The smallest absolute Gasteiger partial charge is 0.404 e. The standard InChI is InChI=1S/C21H20N4O2/c1-13(12-23-21(26)27)24-15-6-4-5-14(11-15)16-9-10-22-20-19(16)17-7-2-3-8-18(17)25-20/h2-11,13,23-24H,12H2,1H3,(H,22,25)(H,26,27). The van der Waals surface area contributed by atoms with Crippen LogP contribution in [0.2, 0.25) is 0 Å². The number of amides is 1. The van der Waals surface area contributed by atoms with Crippen LogP contribution in [0, 0.1) is 0 Å². The van der Waals surface area contributed by atoms with Gasteiger partial charge in [0.05, 0.1) is 0 Å². The lowest BCUT2D eigenvalue weighted by Gasteiger charge is -2.16. The number of pyridine rings is 1. The summed E-state index contributed by atoms with van der Waals surface area (Å²) in [5.74, 6) is 0. The van der Waals surface area contributed by atoms with Crippen LogP contribution >= 0.6 is 0 Å². The molecule has 2 aromatic heterocycles. The van der Waals surface area contributed by atoms with Crippen LogP contribution in [0.4, 0.5) is 10.5 Å². The van der Waals surface area contributed by atoms with Crippen LogP contribution in [0.25, 0.3) is 33.1 Å². The molecule has 27 heavy (non-hydrogen) atoms. The third-order valence-corrected chi connectivity index (χ3v) is 4.55. The fourth-order valence-electron chi connectivity index (χ4n) is 3.36. The number of rotatable bonds is 5. The first kappa shape index (κ1) is 16.9. The monoisotopic (exact) mass is 360 g/mol. The fraction of sp³-hybridized carbons (Fsp3) is 0.143. The Morgan fingerprint density at radius 1 is 1.19 bits per heavy atom. The molecule has 2 heterocycles. The zero-order valence-corrected chi connectivity index (χ0v) is 14.9. The van der Waals surface area contributed by atoms with Crippen molar-refractivity contribution in [2.75, 3.05) is 11.9 Å². The largest absolute Gasteiger partial charge is 0.465 e. The summed E-state index contributed by atoms with van der Waals surface area (Å²) < 4.78 is 0. The number of carbonyl (C=O) groups is 1. The van der Waals surface area contributed by atoms with Gasteiger partial charge in [-0.05, 0) is 42.3 Å². The van der Waals surface area contributed by atoms with Crippen LogP contribution in [-0.2, 0) is 0 Å². The van der Waals surface area contributed by atoms with Gasteiger partial charge in [-0.15, -0.1) is 0 Å². The van der Waals surface area contributed by atoms with E-state index in [0.29, 0.717) is 6.54 Å². The summed E-state index contributed by atoms with van der Waals surface area (Å²) in [4.78, 5) is 18.5.